The van der Waals surface area contributed by atoms with Gasteiger partial charge >= 0.3 is 5.97 Å². The zero-order chi connectivity index (χ0) is 16.4. The second kappa shape index (κ2) is 6.20. The molecule has 0 amide bonds. The molecule has 0 aromatic heterocycles. The fraction of sp³-hybridized carbons (Fsp3) is 0.562. The molecule has 0 saturated carbocycles. The third-order valence-corrected chi connectivity index (χ3v) is 8.53. The summed E-state index contributed by atoms with van der Waals surface area (Å²) in [6.45, 7) is 13.0. The lowest BCUT2D eigenvalue weighted by molar-refractivity contribution is -0.138. The molecule has 1 rings (SSSR count). The molecular weight excluding hydrogens is 282 g/mol. The zero-order valence-electron chi connectivity index (χ0n) is 13.9. The molecule has 0 fully saturated rings. The minimum absolute atomic E-state index is 0.143. The number of benzene rings is 1. The average Bonchev–Trinajstić information content (AvgIpc) is 2.30. The van der Waals surface area contributed by atoms with Gasteiger partial charge in [0.05, 0.1) is 0 Å². The molecule has 0 heterocycles. The molecule has 21 heavy (non-hydrogen) atoms. The molecular formula is C16H27NO3Si. The van der Waals surface area contributed by atoms with Crippen LogP contribution in [0.15, 0.2) is 18.2 Å². The van der Waals surface area contributed by atoms with Crippen molar-refractivity contribution in [1.82, 2.24) is 0 Å². The number of carbonyl (C=O) groups is 1. The van der Waals surface area contributed by atoms with E-state index in [1.54, 1.807) is 0 Å². The Labute approximate surface area is 128 Å². The number of carboxylic acids is 1. The first-order chi connectivity index (χ1) is 9.44. The quantitative estimate of drug-likeness (QED) is 0.818. The van der Waals surface area contributed by atoms with Crippen molar-refractivity contribution in [3.63, 3.8) is 0 Å². The van der Waals surface area contributed by atoms with Crippen molar-refractivity contribution in [3.05, 3.63) is 29.3 Å². The van der Waals surface area contributed by atoms with Crippen LogP contribution in [-0.4, -0.2) is 25.4 Å². The Morgan fingerprint density at radius 3 is 2.38 bits per heavy atom. The van der Waals surface area contributed by atoms with E-state index in [-0.39, 0.29) is 5.04 Å². The molecule has 118 valence electrons. The van der Waals surface area contributed by atoms with Crippen LogP contribution in [-0.2, 0) is 11.2 Å². The van der Waals surface area contributed by atoms with Crippen LogP contribution >= 0.6 is 0 Å². The fourth-order valence-electron chi connectivity index (χ4n) is 1.72. The lowest BCUT2D eigenvalue weighted by atomic mass is 10.0. The van der Waals surface area contributed by atoms with E-state index in [9.17, 15) is 4.79 Å². The number of hydrogen-bond donors (Lipinski definition) is 2. The van der Waals surface area contributed by atoms with E-state index < -0.39 is 20.3 Å². The monoisotopic (exact) mass is 309 g/mol. The summed E-state index contributed by atoms with van der Waals surface area (Å²) in [7, 11) is -1.86. The van der Waals surface area contributed by atoms with Crippen LogP contribution in [0.1, 0.15) is 31.9 Å². The lowest BCUT2D eigenvalue weighted by Gasteiger charge is -2.37. The smallest absolute Gasteiger partial charge is 0.320 e. The Balaban J connectivity index is 2.91. The SMILES string of the molecule is Cc1cc(CC(N)C(=O)O)ccc1O[Si](C)(C)C(C)(C)C. The van der Waals surface area contributed by atoms with Crippen LogP contribution in [0.25, 0.3) is 0 Å². The van der Waals surface area contributed by atoms with Crippen LogP contribution in [0.5, 0.6) is 5.75 Å². The molecule has 1 atom stereocenters. The number of hydrogen-bond acceptors (Lipinski definition) is 3. The summed E-state index contributed by atoms with van der Waals surface area (Å²) in [6, 6.07) is 4.93. The van der Waals surface area contributed by atoms with Gasteiger partial charge in [0.25, 0.3) is 0 Å². The van der Waals surface area contributed by atoms with Crippen molar-refractivity contribution in [3.8, 4) is 5.75 Å². The molecule has 0 bridgehead atoms. The minimum Gasteiger partial charge on any atom is -0.543 e. The number of nitrogens with two attached hydrogens (primary N) is 1. The van der Waals surface area contributed by atoms with Gasteiger partial charge in [-0.05, 0) is 48.7 Å². The van der Waals surface area contributed by atoms with Crippen molar-refractivity contribution in [2.24, 2.45) is 5.73 Å². The first-order valence-corrected chi connectivity index (χ1v) is 10.1. The van der Waals surface area contributed by atoms with Gasteiger partial charge in [-0.15, -0.1) is 0 Å². The summed E-state index contributed by atoms with van der Waals surface area (Å²) in [5.41, 5.74) is 7.52. The van der Waals surface area contributed by atoms with Gasteiger partial charge < -0.3 is 15.3 Å². The summed E-state index contributed by atoms with van der Waals surface area (Å²) >= 11 is 0. The Kier molecular flexibility index (Phi) is 5.23. The minimum atomic E-state index is -1.86. The van der Waals surface area contributed by atoms with Gasteiger partial charge in [-0.1, -0.05) is 32.9 Å². The second-order valence-electron chi connectivity index (χ2n) is 7.11. The molecule has 0 saturated heterocycles. The number of carboxylic acid groups (broad SMARTS) is 1. The van der Waals surface area contributed by atoms with Crippen LogP contribution in [0.2, 0.25) is 18.1 Å². The molecule has 1 unspecified atom stereocenters. The van der Waals surface area contributed by atoms with Crippen LogP contribution in [0.4, 0.5) is 0 Å². The van der Waals surface area contributed by atoms with Crippen LogP contribution in [0, 0.1) is 6.92 Å². The summed E-state index contributed by atoms with van der Waals surface area (Å²) in [4.78, 5) is 10.8. The van der Waals surface area contributed by atoms with Gasteiger partial charge in [-0.2, -0.15) is 0 Å². The average molecular weight is 309 g/mol. The van der Waals surface area contributed by atoms with E-state index in [4.69, 9.17) is 15.3 Å². The molecule has 4 nitrogen and oxygen atoms in total. The number of aryl methyl sites for hydroxylation is 1. The maximum Gasteiger partial charge on any atom is 0.320 e. The molecule has 3 N–H and O–H groups in total. The molecule has 0 radical (unpaired) electrons. The largest absolute Gasteiger partial charge is 0.543 e. The Morgan fingerprint density at radius 2 is 1.95 bits per heavy atom. The molecule has 1 aromatic carbocycles. The van der Waals surface area contributed by atoms with E-state index in [0.29, 0.717) is 6.42 Å². The molecule has 0 spiro atoms. The highest BCUT2D eigenvalue weighted by molar-refractivity contribution is 6.74. The predicted molar refractivity (Wildman–Crippen MR) is 88.3 cm³/mol. The highest BCUT2D eigenvalue weighted by atomic mass is 28.4. The number of aliphatic carboxylic acids is 1. The normalized spacial score (nSPS) is 13.9. The van der Waals surface area contributed by atoms with E-state index >= 15 is 0 Å². The fourth-order valence-corrected chi connectivity index (χ4v) is 2.81. The van der Waals surface area contributed by atoms with Crippen molar-refractivity contribution in [1.29, 1.82) is 0 Å². The lowest BCUT2D eigenvalue weighted by Crippen LogP contribution is -2.44. The van der Waals surface area contributed by atoms with Crippen molar-refractivity contribution in [2.75, 3.05) is 0 Å². The van der Waals surface area contributed by atoms with Gasteiger partial charge in [0, 0.05) is 0 Å². The van der Waals surface area contributed by atoms with E-state index in [0.717, 1.165) is 16.9 Å². The van der Waals surface area contributed by atoms with E-state index in [2.05, 4.69) is 33.9 Å². The first-order valence-electron chi connectivity index (χ1n) is 7.21. The predicted octanol–water partition coefficient (Wildman–Crippen LogP) is 3.33. The van der Waals surface area contributed by atoms with E-state index in [1.165, 1.54) is 0 Å². The highest BCUT2D eigenvalue weighted by Gasteiger charge is 2.39. The Hall–Kier alpha value is -1.33. The van der Waals surface area contributed by atoms with Crippen LogP contribution < -0.4 is 10.2 Å². The topological polar surface area (TPSA) is 72.6 Å². The van der Waals surface area contributed by atoms with Gasteiger partial charge in [-0.25, -0.2) is 0 Å². The van der Waals surface area contributed by atoms with Gasteiger partial charge in [0.15, 0.2) is 0 Å². The van der Waals surface area contributed by atoms with Crippen LogP contribution in [0.3, 0.4) is 0 Å². The first kappa shape index (κ1) is 17.7. The third-order valence-electron chi connectivity index (χ3n) is 4.18. The summed E-state index contributed by atoms with van der Waals surface area (Å²) in [5.74, 6) is -0.0940. The highest BCUT2D eigenvalue weighted by Crippen LogP contribution is 2.38. The molecule has 1 aromatic rings. The van der Waals surface area contributed by atoms with Crippen molar-refractivity contribution in [2.45, 2.75) is 58.3 Å². The molecule has 5 heteroatoms. The summed E-state index contributed by atoms with van der Waals surface area (Å²) in [5, 5.41) is 9.01. The second-order valence-corrected chi connectivity index (χ2v) is 11.8. The molecule has 0 aliphatic carbocycles. The van der Waals surface area contributed by atoms with Gasteiger partial charge in [-0.3, -0.25) is 4.79 Å². The maximum absolute atomic E-state index is 10.8. The van der Waals surface area contributed by atoms with E-state index in [1.807, 2.05) is 25.1 Å². The standard InChI is InChI=1S/C16H27NO3Si/c1-11-9-12(10-13(17)15(18)19)7-8-14(11)20-21(5,6)16(2,3)4/h7-9,13H,10,17H2,1-6H3,(H,18,19). The third kappa shape index (κ3) is 4.57. The van der Waals surface area contributed by atoms with Crippen molar-refractivity contribution >= 4 is 14.3 Å². The Bertz CT molecular complexity index is 521. The van der Waals surface area contributed by atoms with Gasteiger partial charge in [0.2, 0.25) is 8.32 Å². The summed E-state index contributed by atoms with van der Waals surface area (Å²) < 4.78 is 6.30. The van der Waals surface area contributed by atoms with Crippen molar-refractivity contribution < 1.29 is 14.3 Å². The summed E-state index contributed by atoms with van der Waals surface area (Å²) in [6.07, 6.45) is 0.330. The molecule has 0 aliphatic rings. The Morgan fingerprint density at radius 1 is 1.38 bits per heavy atom. The molecule has 0 aliphatic heterocycles. The maximum atomic E-state index is 10.8. The number of rotatable bonds is 5. The van der Waals surface area contributed by atoms with Gasteiger partial charge in [0.1, 0.15) is 11.8 Å². The zero-order valence-corrected chi connectivity index (χ0v) is 14.9.